The molecule has 70 heavy (non-hydrogen) atoms. The van der Waals surface area contributed by atoms with Crippen LogP contribution in [-0.4, -0.2) is 249 Å². The molecule has 3 heterocycles. The smallest absolute Gasteiger partial charge is 0.488 e. The topological polar surface area (TPSA) is 282 Å². The third kappa shape index (κ3) is 27.6. The third-order valence-electron chi connectivity index (χ3n) is 10.6. The molecule has 23 nitrogen and oxygen atoms in total. The van der Waals surface area contributed by atoms with Gasteiger partial charge in [0, 0.05) is 82.4 Å². The first-order valence-corrected chi connectivity index (χ1v) is 22.7. The number of thiocarbonyl (C=S) groups is 1. The normalized spacial score (nSPS) is 18.0. The maximum absolute atomic E-state index is 11.9. The first kappa shape index (κ1) is 63.7. The summed E-state index contributed by atoms with van der Waals surface area (Å²) in [5.41, 5.74) is 1.87. The molecule has 0 saturated carbocycles. The molecule has 1 unspecified atom stereocenters. The van der Waals surface area contributed by atoms with E-state index >= 15 is 0 Å². The minimum atomic E-state index is -1.30. The van der Waals surface area contributed by atoms with Crippen molar-refractivity contribution in [1.29, 1.82) is 0 Å². The Morgan fingerprint density at radius 2 is 0.943 bits per heavy atom. The predicted molar refractivity (Wildman–Crippen MR) is 250 cm³/mol. The number of anilines is 2. The Balaban J connectivity index is 0.00000840. The molecular weight excluding hydrogens is 1220 g/mol. The van der Waals surface area contributed by atoms with Gasteiger partial charge in [0.25, 0.3) is 0 Å². The summed E-state index contributed by atoms with van der Waals surface area (Å²) in [6.07, 6.45) is 0.0883. The zero-order valence-electron chi connectivity index (χ0n) is 38.9. The molecule has 2 radical (unpaired) electrons. The Bertz CT molecular complexity index is 1860. The molecule has 0 amide bonds. The van der Waals surface area contributed by atoms with Crippen LogP contribution in [0.25, 0.3) is 0 Å². The Morgan fingerprint density at radius 1 is 0.543 bits per heavy atom. The van der Waals surface area contributed by atoms with E-state index < -0.39 is 68.6 Å². The van der Waals surface area contributed by atoms with Gasteiger partial charge in [0.2, 0.25) is 0 Å². The van der Waals surface area contributed by atoms with Crippen LogP contribution in [-0.2, 0) is 49.3 Å². The van der Waals surface area contributed by atoms with E-state index in [-0.39, 0.29) is 120 Å². The summed E-state index contributed by atoms with van der Waals surface area (Å²) < 4.78 is 36.0. The second-order valence-electron chi connectivity index (χ2n) is 15.9. The summed E-state index contributed by atoms with van der Waals surface area (Å²) in [4.78, 5) is 66.5. The van der Waals surface area contributed by atoms with Gasteiger partial charge in [-0.15, -0.1) is 0 Å². The van der Waals surface area contributed by atoms with Gasteiger partial charge in [0.05, 0.1) is 85.6 Å². The van der Waals surface area contributed by atoms with Crippen LogP contribution in [0.5, 0.6) is 11.5 Å². The average molecular weight is 1290 g/mol. The Kier molecular flexibility index (Phi) is 33.3. The Labute approximate surface area is 485 Å². The van der Waals surface area contributed by atoms with Crippen molar-refractivity contribution in [3.8, 4) is 11.5 Å². The molecule has 0 spiro atoms. The fourth-order valence-corrected chi connectivity index (χ4v) is 7.58. The molecule has 1 atom stereocenters. The van der Waals surface area contributed by atoms with Gasteiger partial charge in [-0.2, -0.15) is 0 Å². The fraction of sp³-hybridized carbons (Fsp3) is 0.591. The van der Waals surface area contributed by atoms with E-state index in [1.807, 2.05) is 18.2 Å². The van der Waals surface area contributed by atoms with E-state index in [0.717, 1.165) is 4.90 Å². The molecule has 2 bridgehead atoms. The van der Waals surface area contributed by atoms with E-state index in [4.69, 9.17) is 40.6 Å². The molecule has 2 aromatic carbocycles. The molecule has 0 aromatic heterocycles. The van der Waals surface area contributed by atoms with E-state index in [9.17, 15) is 49.5 Å². The van der Waals surface area contributed by atoms with Crippen molar-refractivity contribution in [2.45, 2.75) is 12.5 Å². The van der Waals surface area contributed by atoms with Gasteiger partial charge in [-0.05, 0) is 48.5 Å². The van der Waals surface area contributed by atoms with Crippen LogP contribution in [0.4, 0.5) is 11.4 Å². The largest absolute Gasteiger partial charge is 3.00 e. The number of benzene rings is 2. The van der Waals surface area contributed by atoms with Crippen LogP contribution in [0.15, 0.2) is 42.5 Å². The molecule has 2 aromatic rings. The second kappa shape index (κ2) is 36.5. The van der Waals surface area contributed by atoms with Crippen molar-refractivity contribution in [3.05, 3.63) is 48.0 Å². The zero-order valence-corrected chi connectivity index (χ0v) is 44.4. The van der Waals surface area contributed by atoms with Crippen LogP contribution >= 0.6 is 12.2 Å². The van der Waals surface area contributed by atoms with Crippen molar-refractivity contribution in [3.63, 3.8) is 0 Å². The molecule has 26 heteroatoms. The van der Waals surface area contributed by atoms with Crippen LogP contribution in [0, 0.1) is 89.3 Å². The van der Waals surface area contributed by atoms with E-state index in [0.29, 0.717) is 134 Å². The van der Waals surface area contributed by atoms with Gasteiger partial charge in [0.15, 0.2) is 16.6 Å². The van der Waals surface area contributed by atoms with Gasteiger partial charge < -0.3 is 64.6 Å². The minimum absolute atomic E-state index is 0. The molecule has 388 valence electrons. The first-order valence-electron chi connectivity index (χ1n) is 22.3. The summed E-state index contributed by atoms with van der Waals surface area (Å²) in [5, 5.41) is 54.2. The summed E-state index contributed by atoms with van der Waals surface area (Å²) >= 11 is 5.67. The third-order valence-corrected chi connectivity index (χ3v) is 10.8. The van der Waals surface area contributed by atoms with Crippen LogP contribution < -0.4 is 20.1 Å². The maximum atomic E-state index is 11.9. The van der Waals surface area contributed by atoms with Crippen molar-refractivity contribution >= 4 is 58.6 Å². The number of carboxylic acid groups (broad SMARTS) is 5. The monoisotopic (exact) mass is 1290 g/mol. The fourth-order valence-electron chi connectivity index (χ4n) is 7.34. The van der Waals surface area contributed by atoms with Gasteiger partial charge in [-0.25, -0.2) is 0 Å². The number of rotatable bonds is 20. The summed E-state index contributed by atoms with van der Waals surface area (Å²) in [7, 11) is 0. The number of hydrogen-bond acceptors (Lipinski definition) is 17. The molecule has 3 aliphatic rings. The standard InChI is InChI=1S/C44H65N7O16S.Eu.Gd/c52-39(53)28-49(7-8-50(29-40(54)55)30-41(56)57)27-36(51(31-42(58)59)32-43(60)61)25-33-1-3-34(4-2-33)45-44(68)46-35-5-6-37-38(26-35)67-20-14-48-11-17-64-23-21-62-15-9-47(13-19-66-37)10-16-63-22-24-65-18-12-48;;/h1-6,26,36H,7-25,27-32H2,(H,52,53)(H,54,55)(H,56,57)(H,58,59)(H,60,61)(H2,45,46,68);;/q;+2;+3. The molecule has 1 fully saturated rings. The first-order chi connectivity index (χ1) is 32.7. The summed E-state index contributed by atoms with van der Waals surface area (Å²) in [6, 6.07) is 11.5. The Morgan fingerprint density at radius 3 is 1.41 bits per heavy atom. The van der Waals surface area contributed by atoms with Crippen LogP contribution in [0.1, 0.15) is 5.56 Å². The SMILES string of the molecule is O=C(O)CN(CCN(CC(=O)O)CC(Cc1ccc(NC(=S)Nc2ccc3c(c2)OCCN2CCOCCOCCN(CCOCCOCC2)CCO3)cc1)N(CC(=O)O)CC(=O)O)CC(=O)O.[Eu+2].[Gd+3]. The summed E-state index contributed by atoms with van der Waals surface area (Å²) in [5.74, 6) is -5.34. The molecule has 3 aliphatic heterocycles. The van der Waals surface area contributed by atoms with Crippen molar-refractivity contribution in [1.82, 2.24) is 24.5 Å². The van der Waals surface area contributed by atoms with Crippen molar-refractivity contribution < 1.29 is 167 Å². The summed E-state index contributed by atoms with van der Waals surface area (Å²) in [6.45, 7) is 5.34. The number of fused-ring (bicyclic) bond motifs is 18. The van der Waals surface area contributed by atoms with Gasteiger partial charge in [-0.3, -0.25) is 48.5 Å². The van der Waals surface area contributed by atoms with E-state index in [1.165, 1.54) is 9.80 Å². The van der Waals surface area contributed by atoms with Gasteiger partial charge in [0.1, 0.15) is 13.2 Å². The quantitative estimate of drug-likeness (QED) is 0.0872. The number of aliphatic carboxylic acids is 5. The number of carbonyl (C=O) groups is 5. The minimum Gasteiger partial charge on any atom is -0.488 e. The maximum Gasteiger partial charge on any atom is 3.00 e. The number of nitrogens with one attached hydrogen (secondary N) is 2. The predicted octanol–water partition coefficient (Wildman–Crippen LogP) is 0.191. The number of ether oxygens (including phenoxy) is 6. The zero-order chi connectivity index (χ0) is 49.1. The van der Waals surface area contributed by atoms with Gasteiger partial charge in [-0.1, -0.05) is 12.1 Å². The molecule has 0 aliphatic carbocycles. The second-order valence-corrected chi connectivity index (χ2v) is 16.4. The molecular formula is C44H65EuGdN7O16S+5. The van der Waals surface area contributed by atoms with Gasteiger partial charge >= 0.3 is 119 Å². The number of nitrogens with zero attached hydrogens (tertiary/aromatic N) is 5. The van der Waals surface area contributed by atoms with E-state index in [2.05, 4.69) is 20.4 Å². The Hall–Kier alpha value is -2.37. The molecule has 1 saturated heterocycles. The van der Waals surface area contributed by atoms with Crippen LogP contribution in [0.3, 0.4) is 0 Å². The number of carboxylic acids is 5. The molecule has 5 rings (SSSR count). The van der Waals surface area contributed by atoms with Crippen molar-refractivity contribution in [2.24, 2.45) is 0 Å². The van der Waals surface area contributed by atoms with E-state index in [1.54, 1.807) is 24.3 Å². The average Bonchev–Trinajstić information content (AvgIpc) is 3.26. The van der Waals surface area contributed by atoms with Crippen molar-refractivity contribution in [2.75, 3.05) is 168 Å². The molecule has 7 N–H and O–H groups in total. The number of hydrogen-bond donors (Lipinski definition) is 7. The van der Waals surface area contributed by atoms with Crippen LogP contribution in [0.2, 0.25) is 0 Å².